The van der Waals surface area contributed by atoms with Crippen molar-refractivity contribution in [3.05, 3.63) is 35.5 Å². The van der Waals surface area contributed by atoms with E-state index in [1.54, 1.807) is 4.90 Å². The fourth-order valence-electron chi connectivity index (χ4n) is 4.14. The van der Waals surface area contributed by atoms with Gasteiger partial charge >= 0.3 is 12.0 Å². The number of urea groups is 1. The maximum absolute atomic E-state index is 12.0. The minimum absolute atomic E-state index is 0.138. The summed E-state index contributed by atoms with van der Waals surface area (Å²) in [7, 11) is 0. The summed E-state index contributed by atoms with van der Waals surface area (Å²) >= 11 is 0. The average Bonchev–Trinajstić information content (AvgIpc) is 3.19. The van der Waals surface area contributed by atoms with Gasteiger partial charge in [0.15, 0.2) is 0 Å². The minimum atomic E-state index is -1.14. The van der Waals surface area contributed by atoms with Crippen LogP contribution in [0.4, 0.5) is 4.79 Å². The van der Waals surface area contributed by atoms with Crippen molar-refractivity contribution in [1.82, 2.24) is 20.7 Å². The van der Waals surface area contributed by atoms with E-state index in [1.165, 1.54) is 11.9 Å². The average molecular weight is 504 g/mol. The molecular weight excluding hydrogens is 466 g/mol. The number of hydroxylamine groups is 1. The van der Waals surface area contributed by atoms with E-state index in [1.807, 2.05) is 24.3 Å². The van der Waals surface area contributed by atoms with Crippen molar-refractivity contribution in [2.75, 3.05) is 13.1 Å². The van der Waals surface area contributed by atoms with E-state index in [0.29, 0.717) is 5.92 Å². The number of hydrogen-bond donors (Lipinski definition) is 6. The Kier molecular flexibility index (Phi) is 11.2. The Morgan fingerprint density at radius 1 is 1.03 bits per heavy atom. The van der Waals surface area contributed by atoms with Crippen molar-refractivity contribution < 1.29 is 29.5 Å². The van der Waals surface area contributed by atoms with Gasteiger partial charge in [-0.1, -0.05) is 32.0 Å². The number of carboxylic acids is 1. The number of aromatic amines is 1. The first-order valence-corrected chi connectivity index (χ1v) is 12.2. The molecular formula is C25H37N5O6. The van der Waals surface area contributed by atoms with E-state index in [2.05, 4.69) is 24.1 Å². The number of aromatic nitrogens is 1. The molecule has 0 radical (unpaired) electrons. The highest BCUT2D eigenvalue weighted by Gasteiger charge is 2.24. The molecule has 0 saturated carbocycles. The number of primary amides is 1. The van der Waals surface area contributed by atoms with Crippen LogP contribution in [0.15, 0.2) is 24.3 Å². The number of H-pyrrole nitrogens is 1. The maximum atomic E-state index is 12.0. The van der Waals surface area contributed by atoms with Crippen LogP contribution in [-0.2, 0) is 27.2 Å². The molecule has 3 rings (SSSR count). The number of likely N-dealkylation sites (tertiary alicyclic amines) is 1. The summed E-state index contributed by atoms with van der Waals surface area (Å²) in [5, 5.41) is 21.4. The van der Waals surface area contributed by atoms with Crippen molar-refractivity contribution in [3.8, 4) is 0 Å². The summed E-state index contributed by atoms with van der Waals surface area (Å²) in [6.45, 7) is 5.88. The highest BCUT2D eigenvalue weighted by atomic mass is 16.5. The molecule has 1 aromatic heterocycles. The number of fused-ring (bicyclic) bond motifs is 1. The van der Waals surface area contributed by atoms with Crippen molar-refractivity contribution >= 4 is 34.7 Å². The number of hydrogen-bond acceptors (Lipinski definition) is 5. The number of rotatable bonds is 9. The van der Waals surface area contributed by atoms with Crippen LogP contribution < -0.4 is 16.5 Å². The topological polar surface area (TPSA) is 178 Å². The number of benzene rings is 1. The van der Waals surface area contributed by atoms with Crippen LogP contribution in [0.3, 0.4) is 0 Å². The van der Waals surface area contributed by atoms with Gasteiger partial charge in [0.25, 0.3) is 0 Å². The summed E-state index contributed by atoms with van der Waals surface area (Å²) in [5.74, 6) is -2.02. The van der Waals surface area contributed by atoms with Gasteiger partial charge in [0.05, 0.1) is 0 Å². The van der Waals surface area contributed by atoms with Crippen LogP contribution in [0.1, 0.15) is 57.2 Å². The fraction of sp³-hybridized carbons (Fsp3) is 0.520. The lowest BCUT2D eigenvalue weighted by Crippen LogP contribution is -2.42. The van der Waals surface area contributed by atoms with Crippen molar-refractivity contribution in [2.45, 2.75) is 64.8 Å². The zero-order valence-corrected chi connectivity index (χ0v) is 20.9. The number of nitrogens with one attached hydrogen (secondary N) is 3. The van der Waals surface area contributed by atoms with Crippen LogP contribution in [-0.4, -0.2) is 63.1 Å². The summed E-state index contributed by atoms with van der Waals surface area (Å²) in [5.41, 5.74) is 9.26. The molecule has 36 heavy (non-hydrogen) atoms. The monoisotopic (exact) mass is 503 g/mol. The lowest BCUT2D eigenvalue weighted by Gasteiger charge is -2.24. The number of para-hydroxylation sites is 1. The lowest BCUT2D eigenvalue weighted by atomic mass is 9.97. The van der Waals surface area contributed by atoms with E-state index < -0.39 is 23.8 Å². The molecule has 7 N–H and O–H groups in total. The third-order valence-corrected chi connectivity index (χ3v) is 5.93. The second kappa shape index (κ2) is 14.1. The van der Waals surface area contributed by atoms with Crippen LogP contribution in [0.2, 0.25) is 0 Å². The molecule has 0 spiro atoms. The molecule has 1 fully saturated rings. The summed E-state index contributed by atoms with van der Waals surface area (Å²) in [4.78, 5) is 50.2. The Bertz CT molecular complexity index is 1040. The Labute approximate surface area is 210 Å². The molecule has 0 aliphatic carbocycles. The highest BCUT2D eigenvalue weighted by Crippen LogP contribution is 2.26. The molecule has 198 valence electrons. The molecule has 1 atom stereocenters. The number of piperidine rings is 1. The maximum Gasteiger partial charge on any atom is 0.326 e. The third kappa shape index (κ3) is 8.88. The van der Waals surface area contributed by atoms with Crippen LogP contribution in [0, 0.1) is 5.92 Å². The Hall–Kier alpha value is -3.60. The zero-order chi connectivity index (χ0) is 26.7. The highest BCUT2D eigenvalue weighted by molar-refractivity contribution is 5.88. The summed E-state index contributed by atoms with van der Waals surface area (Å²) in [6, 6.07) is 6.28. The van der Waals surface area contributed by atoms with Crippen molar-refractivity contribution in [3.63, 3.8) is 0 Å². The number of carboxylic acid groups (broad SMARTS) is 1. The molecule has 2 aromatic rings. The Balaban J connectivity index is 0.000000425. The number of amides is 4. The fourth-order valence-corrected chi connectivity index (χ4v) is 4.14. The molecule has 4 amide bonds. The smallest absolute Gasteiger partial charge is 0.326 e. The van der Waals surface area contributed by atoms with Gasteiger partial charge in [0, 0.05) is 48.9 Å². The second-order valence-electron chi connectivity index (χ2n) is 9.31. The molecule has 1 aromatic carbocycles. The quantitative estimate of drug-likeness (QED) is 0.226. The van der Waals surface area contributed by atoms with Gasteiger partial charge in [0.1, 0.15) is 6.04 Å². The Morgan fingerprint density at radius 2 is 1.67 bits per heavy atom. The van der Waals surface area contributed by atoms with Crippen LogP contribution in [0.5, 0.6) is 0 Å². The largest absolute Gasteiger partial charge is 0.480 e. The van der Waals surface area contributed by atoms with Gasteiger partial charge in [-0.05, 0) is 43.2 Å². The predicted octanol–water partition coefficient (Wildman–Crippen LogP) is 2.31. The van der Waals surface area contributed by atoms with E-state index >= 15 is 0 Å². The normalized spacial score (nSPS) is 14.1. The van der Waals surface area contributed by atoms with Gasteiger partial charge in [-0.15, -0.1) is 0 Å². The van der Waals surface area contributed by atoms with Gasteiger partial charge < -0.3 is 26.0 Å². The third-order valence-electron chi connectivity index (χ3n) is 5.93. The predicted molar refractivity (Wildman–Crippen MR) is 134 cm³/mol. The molecule has 11 heteroatoms. The number of aliphatic carboxylic acids is 1. The van der Waals surface area contributed by atoms with E-state index in [9.17, 15) is 24.3 Å². The van der Waals surface area contributed by atoms with E-state index in [4.69, 9.17) is 10.9 Å². The second-order valence-corrected chi connectivity index (χ2v) is 9.31. The van der Waals surface area contributed by atoms with Crippen molar-refractivity contribution in [2.24, 2.45) is 11.7 Å². The van der Waals surface area contributed by atoms with Gasteiger partial charge in [-0.3, -0.25) is 14.8 Å². The number of carbonyl (C=O) groups is 4. The van der Waals surface area contributed by atoms with Crippen LogP contribution >= 0.6 is 0 Å². The molecule has 1 aliphatic heterocycles. The first-order valence-electron chi connectivity index (χ1n) is 12.2. The zero-order valence-electron chi connectivity index (χ0n) is 20.9. The first kappa shape index (κ1) is 28.6. The molecule has 0 bridgehead atoms. The molecule has 1 aliphatic rings. The standard InChI is InChI=1S/C19H25N3O5.C6H12N2O/c1-11(2)9-15-13(12-5-3-4-6-14(12)20-15)10-16(19(25)26)21-17(23)7-8-18(24)22-27;7-6(9)8-4-2-1-3-5-8/h3-6,11,16,20,27H,7-10H2,1-2H3,(H,21,23)(H,22,24)(H,25,26);1-5H2,(H2,7,9)/t16-;/m0./s1. The molecule has 11 nitrogen and oxygen atoms in total. The number of carbonyl (C=O) groups excluding carboxylic acids is 3. The molecule has 1 saturated heterocycles. The SMILES string of the molecule is CC(C)Cc1[nH]c2ccccc2c1C[C@H](NC(=O)CCC(=O)NO)C(=O)O.NC(=O)N1CCCCC1. The number of nitrogens with two attached hydrogens (primary N) is 1. The summed E-state index contributed by atoms with van der Waals surface area (Å²) < 4.78 is 0. The lowest BCUT2D eigenvalue weighted by molar-refractivity contribution is -0.141. The van der Waals surface area contributed by atoms with Crippen LogP contribution in [0.25, 0.3) is 10.9 Å². The first-order chi connectivity index (χ1) is 17.1. The Morgan fingerprint density at radius 3 is 2.22 bits per heavy atom. The van der Waals surface area contributed by atoms with Crippen molar-refractivity contribution in [1.29, 1.82) is 0 Å². The van der Waals surface area contributed by atoms with Gasteiger partial charge in [0.2, 0.25) is 11.8 Å². The van der Waals surface area contributed by atoms with Gasteiger partial charge in [-0.2, -0.15) is 0 Å². The summed E-state index contributed by atoms with van der Waals surface area (Å²) in [6.07, 6.45) is 3.94. The number of nitrogens with zero attached hydrogens (tertiary/aromatic N) is 1. The molecule has 2 heterocycles. The van der Waals surface area contributed by atoms with E-state index in [-0.39, 0.29) is 25.3 Å². The van der Waals surface area contributed by atoms with Gasteiger partial charge in [-0.25, -0.2) is 15.1 Å². The van der Waals surface area contributed by atoms with E-state index in [0.717, 1.165) is 54.5 Å². The minimum Gasteiger partial charge on any atom is -0.480 e. The molecule has 0 unspecified atom stereocenters.